The van der Waals surface area contributed by atoms with Crippen LogP contribution in [0.3, 0.4) is 0 Å². The molecule has 0 saturated carbocycles. The van der Waals surface area contributed by atoms with Crippen LogP contribution in [0.2, 0.25) is 10.0 Å². The Labute approximate surface area is 110 Å². The highest BCUT2D eigenvalue weighted by Gasteiger charge is 2.02. The number of aldehydes is 1. The van der Waals surface area contributed by atoms with Gasteiger partial charge in [0.15, 0.2) is 0 Å². The van der Waals surface area contributed by atoms with E-state index in [1.807, 2.05) is 24.3 Å². The number of hydrogen-bond acceptors (Lipinski definition) is 1. The van der Waals surface area contributed by atoms with E-state index in [4.69, 9.17) is 23.2 Å². The molecule has 0 radical (unpaired) electrons. The normalized spacial score (nSPS) is 10.2. The summed E-state index contributed by atoms with van der Waals surface area (Å²) >= 11 is 11.9. The summed E-state index contributed by atoms with van der Waals surface area (Å²) in [4.78, 5) is 10.5. The van der Waals surface area contributed by atoms with E-state index in [0.29, 0.717) is 15.6 Å². The number of hydrogen-bond donors (Lipinski definition) is 0. The predicted molar refractivity (Wildman–Crippen MR) is 71.1 cm³/mol. The first-order valence-corrected chi connectivity index (χ1v) is 5.92. The Kier molecular flexibility index (Phi) is 3.82. The van der Waals surface area contributed by atoms with Gasteiger partial charge in [0.25, 0.3) is 0 Å². The molecule has 0 fully saturated rings. The van der Waals surface area contributed by atoms with Gasteiger partial charge in [0.1, 0.15) is 6.29 Å². The van der Waals surface area contributed by atoms with Gasteiger partial charge in [-0.1, -0.05) is 53.5 Å². The van der Waals surface area contributed by atoms with Gasteiger partial charge in [0.05, 0.1) is 0 Å². The lowest BCUT2D eigenvalue weighted by atomic mass is 10.0. The maximum atomic E-state index is 10.5. The van der Waals surface area contributed by atoms with E-state index in [-0.39, 0.29) is 0 Å². The lowest BCUT2D eigenvalue weighted by Gasteiger charge is -2.05. The molecule has 0 N–H and O–H groups in total. The summed E-state index contributed by atoms with van der Waals surface area (Å²) < 4.78 is 0. The van der Waals surface area contributed by atoms with E-state index in [9.17, 15) is 4.79 Å². The van der Waals surface area contributed by atoms with E-state index in [1.54, 1.807) is 18.2 Å². The Bertz CT molecular complexity index is 532. The second kappa shape index (κ2) is 5.35. The molecule has 0 bridgehead atoms. The average Bonchev–Trinajstić information content (AvgIpc) is 2.34. The van der Waals surface area contributed by atoms with Crippen molar-refractivity contribution in [2.24, 2.45) is 0 Å². The van der Waals surface area contributed by atoms with Gasteiger partial charge in [-0.3, -0.25) is 4.79 Å². The molecule has 86 valence electrons. The first-order chi connectivity index (χ1) is 8.19. The Morgan fingerprint density at radius 1 is 1.00 bits per heavy atom. The van der Waals surface area contributed by atoms with Gasteiger partial charge in [-0.05, 0) is 29.7 Å². The number of carbonyl (C=O) groups is 1. The fraction of sp³-hybridized carbons (Fsp3) is 0.0714. The molecule has 0 aliphatic rings. The lowest BCUT2D eigenvalue weighted by Crippen LogP contribution is -1.90. The Morgan fingerprint density at radius 2 is 1.71 bits per heavy atom. The molecule has 1 nitrogen and oxygen atoms in total. The average molecular weight is 265 g/mol. The molecule has 3 heteroatoms. The van der Waals surface area contributed by atoms with Crippen molar-refractivity contribution in [3.63, 3.8) is 0 Å². The van der Waals surface area contributed by atoms with Crippen molar-refractivity contribution < 1.29 is 4.79 Å². The van der Waals surface area contributed by atoms with Crippen molar-refractivity contribution in [2.75, 3.05) is 0 Å². The Hall–Kier alpha value is -1.31. The minimum atomic E-state index is 0.634. The predicted octanol–water partition coefficient (Wildman–Crippen LogP) is 4.40. The molecule has 0 unspecified atom stereocenters. The van der Waals surface area contributed by atoms with E-state index in [1.165, 1.54) is 0 Å². The highest BCUT2D eigenvalue weighted by Crippen LogP contribution is 2.23. The summed E-state index contributed by atoms with van der Waals surface area (Å²) in [5.41, 5.74) is 2.81. The third kappa shape index (κ3) is 3.09. The third-order valence-electron chi connectivity index (χ3n) is 2.53. The quantitative estimate of drug-likeness (QED) is 0.752. The van der Waals surface area contributed by atoms with Crippen LogP contribution < -0.4 is 0 Å². The molecule has 0 aliphatic carbocycles. The molecule has 0 saturated heterocycles. The molecule has 0 aromatic heterocycles. The lowest BCUT2D eigenvalue weighted by molar-refractivity contribution is 0.112. The van der Waals surface area contributed by atoms with E-state index >= 15 is 0 Å². The van der Waals surface area contributed by atoms with Crippen molar-refractivity contribution in [3.05, 3.63) is 69.2 Å². The van der Waals surface area contributed by atoms with E-state index in [0.717, 1.165) is 23.8 Å². The highest BCUT2D eigenvalue weighted by atomic mass is 35.5. The smallest absolute Gasteiger partial charge is 0.150 e. The fourth-order valence-corrected chi connectivity index (χ4v) is 2.07. The molecule has 2 aromatic carbocycles. The van der Waals surface area contributed by atoms with Gasteiger partial charge < -0.3 is 0 Å². The summed E-state index contributed by atoms with van der Waals surface area (Å²) in [5, 5.41) is 1.30. The van der Waals surface area contributed by atoms with Crippen molar-refractivity contribution in [1.29, 1.82) is 0 Å². The first kappa shape index (κ1) is 12.2. The maximum Gasteiger partial charge on any atom is 0.150 e. The zero-order valence-corrected chi connectivity index (χ0v) is 10.5. The molecule has 0 aliphatic heterocycles. The molecule has 0 atom stereocenters. The van der Waals surface area contributed by atoms with Gasteiger partial charge in [0.2, 0.25) is 0 Å². The van der Waals surface area contributed by atoms with Crippen LogP contribution in [0.25, 0.3) is 0 Å². The van der Waals surface area contributed by atoms with Crippen LogP contribution in [0.5, 0.6) is 0 Å². The van der Waals surface area contributed by atoms with Crippen molar-refractivity contribution in [1.82, 2.24) is 0 Å². The highest BCUT2D eigenvalue weighted by molar-refractivity contribution is 6.35. The van der Waals surface area contributed by atoms with Crippen LogP contribution in [0.15, 0.2) is 42.5 Å². The molecule has 0 amide bonds. The topological polar surface area (TPSA) is 17.1 Å². The summed E-state index contributed by atoms with van der Waals surface area (Å²) in [6, 6.07) is 12.9. The van der Waals surface area contributed by atoms with E-state index in [2.05, 4.69) is 0 Å². The van der Waals surface area contributed by atoms with Gasteiger partial charge in [-0.2, -0.15) is 0 Å². The number of benzene rings is 2. The first-order valence-electron chi connectivity index (χ1n) is 5.17. The molecule has 2 rings (SSSR count). The van der Waals surface area contributed by atoms with Gasteiger partial charge in [-0.25, -0.2) is 0 Å². The Balaban J connectivity index is 2.22. The summed E-state index contributed by atoms with van der Waals surface area (Å²) in [6.07, 6.45) is 1.56. The van der Waals surface area contributed by atoms with Crippen LogP contribution in [0, 0.1) is 0 Å². The van der Waals surface area contributed by atoms with Crippen molar-refractivity contribution in [2.45, 2.75) is 6.42 Å². The monoisotopic (exact) mass is 264 g/mol. The van der Waals surface area contributed by atoms with Crippen LogP contribution in [0.1, 0.15) is 21.5 Å². The van der Waals surface area contributed by atoms with Crippen LogP contribution >= 0.6 is 23.2 Å². The summed E-state index contributed by atoms with van der Waals surface area (Å²) in [5.74, 6) is 0. The fourth-order valence-electron chi connectivity index (χ4n) is 1.60. The van der Waals surface area contributed by atoms with E-state index < -0.39 is 0 Å². The minimum absolute atomic E-state index is 0.634. The van der Waals surface area contributed by atoms with Crippen LogP contribution in [-0.4, -0.2) is 6.29 Å². The molecular weight excluding hydrogens is 255 g/mol. The second-order valence-corrected chi connectivity index (χ2v) is 4.62. The molecular formula is C14H10Cl2O. The van der Waals surface area contributed by atoms with Gasteiger partial charge in [0, 0.05) is 15.6 Å². The largest absolute Gasteiger partial charge is 0.298 e. The Morgan fingerprint density at radius 3 is 2.29 bits per heavy atom. The van der Waals surface area contributed by atoms with Gasteiger partial charge >= 0.3 is 0 Å². The zero-order valence-electron chi connectivity index (χ0n) is 8.99. The molecule has 2 aromatic rings. The number of carbonyl (C=O) groups excluding carboxylic acids is 1. The van der Waals surface area contributed by atoms with Crippen molar-refractivity contribution >= 4 is 29.5 Å². The van der Waals surface area contributed by atoms with Crippen LogP contribution in [0.4, 0.5) is 0 Å². The molecule has 0 spiro atoms. The van der Waals surface area contributed by atoms with Crippen LogP contribution in [-0.2, 0) is 6.42 Å². The number of halogens is 2. The number of rotatable bonds is 3. The zero-order chi connectivity index (χ0) is 12.3. The molecule has 17 heavy (non-hydrogen) atoms. The minimum Gasteiger partial charge on any atom is -0.298 e. The van der Waals surface area contributed by atoms with Gasteiger partial charge in [-0.15, -0.1) is 0 Å². The maximum absolute atomic E-state index is 10.5. The third-order valence-corrected chi connectivity index (χ3v) is 3.11. The summed E-state index contributed by atoms with van der Waals surface area (Å²) in [6.45, 7) is 0. The van der Waals surface area contributed by atoms with Crippen molar-refractivity contribution in [3.8, 4) is 0 Å². The standard InChI is InChI=1S/C14H10Cl2O/c15-13-6-5-12(14(16)8-13)7-10-1-3-11(9-17)4-2-10/h1-6,8-9H,7H2. The molecule has 0 heterocycles. The summed E-state index contributed by atoms with van der Waals surface area (Å²) in [7, 11) is 0. The second-order valence-electron chi connectivity index (χ2n) is 3.77. The SMILES string of the molecule is O=Cc1ccc(Cc2ccc(Cl)cc2Cl)cc1.